The second kappa shape index (κ2) is 7.98. The first kappa shape index (κ1) is 18.5. The fourth-order valence-corrected chi connectivity index (χ4v) is 3.35. The van der Waals surface area contributed by atoms with E-state index in [2.05, 4.69) is 10.2 Å². The summed E-state index contributed by atoms with van der Waals surface area (Å²) in [5, 5.41) is 3.72. The number of hydrogen-bond acceptors (Lipinski definition) is 3. The van der Waals surface area contributed by atoms with Crippen molar-refractivity contribution in [2.24, 2.45) is 0 Å². The topological polar surface area (TPSA) is 52.7 Å². The van der Waals surface area contributed by atoms with Gasteiger partial charge in [-0.1, -0.05) is 35.3 Å². The lowest BCUT2D eigenvalue weighted by Crippen LogP contribution is -2.48. The standard InChI is InChI=1S/C19H19Cl2N3O2/c1-13(25)23-8-10-24(11-9-23)18-5-3-2-4-17(18)22-19(26)15-12-14(20)6-7-16(15)21/h2-7,12H,8-11H2,1H3,(H,22,26). The Hall–Kier alpha value is -2.24. The van der Waals surface area contributed by atoms with Crippen LogP contribution in [0.25, 0.3) is 0 Å². The molecule has 0 aliphatic carbocycles. The van der Waals surface area contributed by atoms with E-state index in [1.54, 1.807) is 25.1 Å². The highest BCUT2D eigenvalue weighted by Gasteiger charge is 2.21. The van der Waals surface area contributed by atoms with Gasteiger partial charge >= 0.3 is 0 Å². The number of amides is 2. The van der Waals surface area contributed by atoms with Gasteiger partial charge in [0, 0.05) is 38.1 Å². The molecule has 0 aromatic heterocycles. The van der Waals surface area contributed by atoms with Crippen molar-refractivity contribution in [2.45, 2.75) is 6.92 Å². The van der Waals surface area contributed by atoms with Crippen LogP contribution in [0.5, 0.6) is 0 Å². The molecule has 2 amide bonds. The summed E-state index contributed by atoms with van der Waals surface area (Å²) < 4.78 is 0. The number of carbonyl (C=O) groups excluding carboxylic acids is 2. The number of para-hydroxylation sites is 2. The van der Waals surface area contributed by atoms with Crippen molar-refractivity contribution in [1.29, 1.82) is 0 Å². The number of nitrogens with one attached hydrogen (secondary N) is 1. The van der Waals surface area contributed by atoms with Gasteiger partial charge in [0.25, 0.3) is 5.91 Å². The molecule has 7 heteroatoms. The Morgan fingerprint density at radius 1 is 1.00 bits per heavy atom. The third kappa shape index (κ3) is 4.11. The minimum absolute atomic E-state index is 0.0850. The van der Waals surface area contributed by atoms with Crippen LogP contribution in [0.3, 0.4) is 0 Å². The van der Waals surface area contributed by atoms with Gasteiger partial charge in [-0.15, -0.1) is 0 Å². The monoisotopic (exact) mass is 391 g/mol. The first-order valence-corrected chi connectivity index (χ1v) is 9.07. The van der Waals surface area contributed by atoms with E-state index in [4.69, 9.17) is 23.2 Å². The summed E-state index contributed by atoms with van der Waals surface area (Å²) in [5.41, 5.74) is 1.95. The first-order chi connectivity index (χ1) is 12.5. The summed E-state index contributed by atoms with van der Waals surface area (Å²) in [4.78, 5) is 28.1. The predicted octanol–water partition coefficient (Wildman–Crippen LogP) is 3.91. The van der Waals surface area contributed by atoms with Crippen molar-refractivity contribution in [1.82, 2.24) is 4.90 Å². The van der Waals surface area contributed by atoms with E-state index in [1.807, 2.05) is 29.2 Å². The SMILES string of the molecule is CC(=O)N1CCN(c2ccccc2NC(=O)c2cc(Cl)ccc2Cl)CC1. The van der Waals surface area contributed by atoms with Crippen LogP contribution in [0.2, 0.25) is 10.0 Å². The minimum atomic E-state index is -0.313. The van der Waals surface area contributed by atoms with E-state index in [0.29, 0.717) is 47.5 Å². The van der Waals surface area contributed by atoms with Gasteiger partial charge in [-0.05, 0) is 30.3 Å². The van der Waals surface area contributed by atoms with Gasteiger partial charge in [-0.25, -0.2) is 0 Å². The van der Waals surface area contributed by atoms with E-state index in [1.165, 1.54) is 0 Å². The van der Waals surface area contributed by atoms with Crippen LogP contribution < -0.4 is 10.2 Å². The second-order valence-electron chi connectivity index (χ2n) is 6.09. The molecular weight excluding hydrogens is 373 g/mol. The summed E-state index contributed by atoms with van der Waals surface area (Å²) in [6, 6.07) is 12.4. The van der Waals surface area contributed by atoms with Crippen LogP contribution in [0.4, 0.5) is 11.4 Å². The zero-order valence-electron chi connectivity index (χ0n) is 14.3. The molecule has 0 saturated carbocycles. The number of rotatable bonds is 3. The maximum absolute atomic E-state index is 12.6. The van der Waals surface area contributed by atoms with Crippen molar-refractivity contribution in [2.75, 3.05) is 36.4 Å². The Balaban J connectivity index is 1.79. The molecule has 1 aliphatic heterocycles. The fourth-order valence-electron chi connectivity index (χ4n) is 2.98. The molecule has 5 nitrogen and oxygen atoms in total. The summed E-state index contributed by atoms with van der Waals surface area (Å²) >= 11 is 12.1. The minimum Gasteiger partial charge on any atom is -0.366 e. The quantitative estimate of drug-likeness (QED) is 0.862. The van der Waals surface area contributed by atoms with E-state index in [9.17, 15) is 9.59 Å². The Kier molecular flexibility index (Phi) is 5.69. The average Bonchev–Trinajstić information content (AvgIpc) is 2.64. The largest absolute Gasteiger partial charge is 0.366 e. The van der Waals surface area contributed by atoms with E-state index in [0.717, 1.165) is 5.69 Å². The lowest BCUT2D eigenvalue weighted by molar-refractivity contribution is -0.129. The zero-order chi connectivity index (χ0) is 18.7. The Morgan fingerprint density at radius 2 is 1.69 bits per heavy atom. The number of hydrogen-bond donors (Lipinski definition) is 1. The van der Waals surface area contributed by atoms with Gasteiger partial charge < -0.3 is 15.1 Å². The highest BCUT2D eigenvalue weighted by atomic mass is 35.5. The van der Waals surface area contributed by atoms with Gasteiger partial charge in [0.2, 0.25) is 5.91 Å². The van der Waals surface area contributed by atoms with Gasteiger partial charge in [-0.2, -0.15) is 0 Å². The number of carbonyl (C=O) groups is 2. The number of benzene rings is 2. The number of anilines is 2. The number of piperazine rings is 1. The number of halogens is 2. The molecule has 0 atom stereocenters. The normalized spacial score (nSPS) is 14.3. The zero-order valence-corrected chi connectivity index (χ0v) is 15.8. The molecule has 26 heavy (non-hydrogen) atoms. The maximum atomic E-state index is 12.6. The molecule has 0 unspecified atom stereocenters. The molecule has 0 radical (unpaired) electrons. The Labute approximate surface area is 162 Å². The van der Waals surface area contributed by atoms with Crippen LogP contribution in [-0.2, 0) is 4.79 Å². The highest BCUT2D eigenvalue weighted by molar-refractivity contribution is 6.36. The van der Waals surface area contributed by atoms with E-state index < -0.39 is 0 Å². The van der Waals surface area contributed by atoms with Crippen LogP contribution in [0.1, 0.15) is 17.3 Å². The van der Waals surface area contributed by atoms with Crippen LogP contribution in [0, 0.1) is 0 Å². The lowest BCUT2D eigenvalue weighted by atomic mass is 10.1. The fraction of sp³-hybridized carbons (Fsp3) is 0.263. The van der Waals surface area contributed by atoms with Crippen molar-refractivity contribution in [3.8, 4) is 0 Å². The maximum Gasteiger partial charge on any atom is 0.257 e. The van der Waals surface area contributed by atoms with Crippen LogP contribution in [-0.4, -0.2) is 42.9 Å². The highest BCUT2D eigenvalue weighted by Crippen LogP contribution is 2.28. The summed E-state index contributed by atoms with van der Waals surface area (Å²) in [6.07, 6.45) is 0. The van der Waals surface area contributed by atoms with Gasteiger partial charge in [0.05, 0.1) is 22.0 Å². The molecule has 1 fully saturated rings. The van der Waals surface area contributed by atoms with Crippen molar-refractivity contribution < 1.29 is 9.59 Å². The third-order valence-electron chi connectivity index (χ3n) is 4.39. The molecule has 0 spiro atoms. The van der Waals surface area contributed by atoms with Crippen molar-refractivity contribution in [3.63, 3.8) is 0 Å². The molecule has 2 aromatic rings. The summed E-state index contributed by atoms with van der Waals surface area (Å²) in [6.45, 7) is 4.34. The molecule has 1 aliphatic rings. The third-order valence-corrected chi connectivity index (χ3v) is 4.96. The predicted molar refractivity (Wildman–Crippen MR) is 105 cm³/mol. The number of nitrogens with zero attached hydrogens (tertiary/aromatic N) is 2. The molecular formula is C19H19Cl2N3O2. The molecule has 3 rings (SSSR count). The van der Waals surface area contributed by atoms with Gasteiger partial charge in [-0.3, -0.25) is 9.59 Å². The Bertz CT molecular complexity index is 833. The van der Waals surface area contributed by atoms with Crippen molar-refractivity contribution in [3.05, 3.63) is 58.1 Å². The lowest BCUT2D eigenvalue weighted by Gasteiger charge is -2.36. The molecule has 1 N–H and O–H groups in total. The van der Waals surface area contributed by atoms with Gasteiger partial charge in [0.15, 0.2) is 0 Å². The molecule has 1 saturated heterocycles. The molecule has 136 valence electrons. The molecule has 0 bridgehead atoms. The van der Waals surface area contributed by atoms with E-state index in [-0.39, 0.29) is 11.8 Å². The second-order valence-corrected chi connectivity index (χ2v) is 6.93. The molecule has 1 heterocycles. The summed E-state index contributed by atoms with van der Waals surface area (Å²) in [5.74, 6) is -0.228. The smallest absolute Gasteiger partial charge is 0.257 e. The molecule has 2 aromatic carbocycles. The van der Waals surface area contributed by atoms with Crippen LogP contribution in [0.15, 0.2) is 42.5 Å². The van der Waals surface area contributed by atoms with Gasteiger partial charge in [0.1, 0.15) is 0 Å². The van der Waals surface area contributed by atoms with E-state index >= 15 is 0 Å². The van der Waals surface area contributed by atoms with Crippen molar-refractivity contribution >= 4 is 46.4 Å². The van der Waals surface area contributed by atoms with Crippen LogP contribution >= 0.6 is 23.2 Å². The first-order valence-electron chi connectivity index (χ1n) is 8.31. The summed E-state index contributed by atoms with van der Waals surface area (Å²) in [7, 11) is 0. The Morgan fingerprint density at radius 3 is 2.38 bits per heavy atom. The average molecular weight is 392 g/mol.